The smallest absolute Gasteiger partial charge is 0.433 e. The topological polar surface area (TPSA) is 56.8 Å². The average Bonchev–Trinajstić information content (AvgIpc) is 2.01. The van der Waals surface area contributed by atoms with Crippen LogP contribution in [0.25, 0.3) is 0 Å². The van der Waals surface area contributed by atoms with E-state index in [1.807, 2.05) is 12.4 Å². The van der Waals surface area contributed by atoms with Gasteiger partial charge in [0.05, 0.1) is 6.61 Å². The molecule has 1 N–H and O–H groups in total. The second-order valence-corrected chi connectivity index (χ2v) is 1.90. The first-order valence-electron chi connectivity index (χ1n) is 3.21. The van der Waals surface area contributed by atoms with Crippen molar-refractivity contribution < 1.29 is 18.9 Å². The zero-order valence-electron chi connectivity index (χ0n) is 6.20. The van der Waals surface area contributed by atoms with Gasteiger partial charge in [0, 0.05) is 12.9 Å². The fourth-order valence-electron chi connectivity index (χ4n) is 0.391. The van der Waals surface area contributed by atoms with E-state index >= 15 is 0 Å². The van der Waals surface area contributed by atoms with Gasteiger partial charge in [-0.3, -0.25) is 0 Å². The number of amides is 1. The van der Waals surface area contributed by atoms with Gasteiger partial charge in [0.25, 0.3) is 0 Å². The predicted molar refractivity (Wildman–Crippen MR) is 40.5 cm³/mol. The first-order valence-corrected chi connectivity index (χ1v) is 3.57. The van der Waals surface area contributed by atoms with Gasteiger partial charge >= 0.3 is 6.09 Å². The number of hydrogen-bond donors (Lipinski definition) is 2. The number of carbonyl (C=O) groups excluding carboxylic acids is 1. The highest BCUT2D eigenvalue weighted by Gasteiger charge is 1.99. The van der Waals surface area contributed by atoms with Crippen LogP contribution in [0.2, 0.25) is 0 Å². The van der Waals surface area contributed by atoms with E-state index in [2.05, 4.69) is 27.0 Å². The van der Waals surface area contributed by atoms with Crippen LogP contribution < -0.4 is 5.48 Å². The maximum Gasteiger partial charge on any atom is 0.433 e. The summed E-state index contributed by atoms with van der Waals surface area (Å²) in [6, 6.07) is 0. The quantitative estimate of drug-likeness (QED) is 0.220. The third-order valence-corrected chi connectivity index (χ3v) is 0.968. The zero-order chi connectivity index (χ0) is 8.53. The second-order valence-electron chi connectivity index (χ2n) is 1.75. The molecule has 0 aromatic rings. The van der Waals surface area contributed by atoms with E-state index in [0.717, 1.165) is 12.8 Å². The van der Waals surface area contributed by atoms with E-state index in [4.69, 9.17) is 0 Å². The first-order chi connectivity index (χ1) is 5.31. The van der Waals surface area contributed by atoms with Gasteiger partial charge in [-0.25, -0.2) is 4.79 Å². The number of hydrogen-bond acceptors (Lipinski definition) is 5. The minimum Gasteiger partial charge on any atom is -0.448 e. The molecule has 1 amide bonds. The Morgan fingerprint density at radius 3 is 2.91 bits per heavy atom. The molecule has 0 bridgehead atoms. The number of unbranched alkanes of at least 4 members (excludes halogenated alkanes) is 1. The van der Waals surface area contributed by atoms with E-state index in [0.29, 0.717) is 6.61 Å². The first kappa shape index (κ1) is 10.5. The van der Waals surface area contributed by atoms with Crippen LogP contribution in [0, 0.1) is 0 Å². The molecule has 0 aliphatic rings. The van der Waals surface area contributed by atoms with Gasteiger partial charge in [0.2, 0.25) is 0 Å². The fraction of sp³-hybridized carbons (Fsp3) is 0.800. The predicted octanol–water partition coefficient (Wildman–Crippen LogP) is 1.22. The van der Waals surface area contributed by atoms with Gasteiger partial charge in [-0.1, -0.05) is 18.3 Å². The molecule has 11 heavy (non-hydrogen) atoms. The van der Waals surface area contributed by atoms with Crippen molar-refractivity contribution in [3.8, 4) is 0 Å². The molecule has 0 aromatic heterocycles. The Morgan fingerprint density at radius 2 is 2.36 bits per heavy atom. The number of ether oxygens (including phenoxy) is 1. The third-order valence-electron chi connectivity index (χ3n) is 0.893. The molecule has 0 radical (unpaired) electrons. The lowest BCUT2D eigenvalue weighted by Gasteiger charge is -2.02. The maximum absolute atomic E-state index is 10.5. The Kier molecular flexibility index (Phi) is 7.33. The Labute approximate surface area is 70.5 Å². The molecule has 0 fully saturated rings. The fourth-order valence-corrected chi connectivity index (χ4v) is 0.429. The van der Waals surface area contributed by atoms with Crippen molar-refractivity contribution in [2.24, 2.45) is 0 Å². The van der Waals surface area contributed by atoms with E-state index in [1.165, 1.54) is 0 Å². The van der Waals surface area contributed by atoms with Crippen molar-refractivity contribution in [3.05, 3.63) is 0 Å². The molecule has 0 aliphatic carbocycles. The summed E-state index contributed by atoms with van der Waals surface area (Å²) >= 11 is 3.21. The van der Waals surface area contributed by atoms with Crippen LogP contribution in [0.15, 0.2) is 0 Å². The Morgan fingerprint density at radius 1 is 1.64 bits per heavy atom. The van der Waals surface area contributed by atoms with Gasteiger partial charge in [0.1, 0.15) is 0 Å². The number of hydroxylamine groups is 1. The highest BCUT2D eigenvalue weighted by atomic mass is 32.1. The van der Waals surface area contributed by atoms with Gasteiger partial charge in [0.15, 0.2) is 0 Å². The molecule has 0 rings (SSSR count). The largest absolute Gasteiger partial charge is 0.448 e. The van der Waals surface area contributed by atoms with Crippen molar-refractivity contribution in [3.63, 3.8) is 0 Å². The standard InChI is InChI=1S/C5H11NO4S/c1-2-3-4-8-5(7)6-9-10-11/h11H,2-4H2,1H3,(H,6,7). The highest BCUT2D eigenvalue weighted by molar-refractivity contribution is 7.74. The van der Waals surface area contributed by atoms with Crippen LogP contribution in [-0.4, -0.2) is 12.7 Å². The Bertz CT molecular complexity index is 111. The van der Waals surface area contributed by atoms with E-state index in [1.54, 1.807) is 0 Å². The molecule has 0 aliphatic heterocycles. The number of carbonyl (C=O) groups is 1. The summed E-state index contributed by atoms with van der Waals surface area (Å²) in [5.74, 6) is 0. The van der Waals surface area contributed by atoms with Crippen molar-refractivity contribution in [2.75, 3.05) is 6.61 Å². The van der Waals surface area contributed by atoms with E-state index in [9.17, 15) is 4.79 Å². The summed E-state index contributed by atoms with van der Waals surface area (Å²) in [7, 11) is 0. The monoisotopic (exact) mass is 181 g/mol. The molecule has 66 valence electrons. The number of nitrogens with one attached hydrogen (secondary N) is 1. The number of thiol groups is 1. The van der Waals surface area contributed by atoms with Gasteiger partial charge in [-0.2, -0.15) is 5.48 Å². The molecular weight excluding hydrogens is 170 g/mol. The highest BCUT2D eigenvalue weighted by Crippen LogP contribution is 1.88. The van der Waals surface area contributed by atoms with Crippen LogP contribution in [0.5, 0.6) is 0 Å². The summed E-state index contributed by atoms with van der Waals surface area (Å²) in [5.41, 5.74) is 1.83. The van der Waals surface area contributed by atoms with Crippen LogP contribution in [-0.2, 0) is 14.1 Å². The molecule has 0 unspecified atom stereocenters. The van der Waals surface area contributed by atoms with Crippen molar-refractivity contribution in [1.29, 1.82) is 0 Å². The summed E-state index contributed by atoms with van der Waals surface area (Å²) in [5, 5.41) is 0. The molecule has 0 aromatic carbocycles. The van der Waals surface area contributed by atoms with Crippen molar-refractivity contribution >= 4 is 19.0 Å². The van der Waals surface area contributed by atoms with Crippen molar-refractivity contribution in [1.82, 2.24) is 5.48 Å². The normalized spacial score (nSPS) is 9.27. The van der Waals surface area contributed by atoms with Crippen LogP contribution >= 0.6 is 12.9 Å². The molecular formula is C5H11NO4S. The Hall–Kier alpha value is -0.460. The van der Waals surface area contributed by atoms with Gasteiger partial charge in [-0.15, -0.1) is 4.33 Å². The molecule has 0 saturated heterocycles. The molecule has 0 saturated carbocycles. The molecule has 5 nitrogen and oxygen atoms in total. The van der Waals surface area contributed by atoms with Crippen LogP contribution in [0.3, 0.4) is 0 Å². The van der Waals surface area contributed by atoms with E-state index in [-0.39, 0.29) is 0 Å². The molecule has 0 spiro atoms. The molecule has 6 heteroatoms. The second kappa shape index (κ2) is 7.64. The van der Waals surface area contributed by atoms with Crippen molar-refractivity contribution in [2.45, 2.75) is 19.8 Å². The van der Waals surface area contributed by atoms with Gasteiger partial charge < -0.3 is 4.74 Å². The zero-order valence-corrected chi connectivity index (χ0v) is 7.10. The van der Waals surface area contributed by atoms with Crippen LogP contribution in [0.4, 0.5) is 4.79 Å². The van der Waals surface area contributed by atoms with Crippen LogP contribution in [0.1, 0.15) is 19.8 Å². The lowest BCUT2D eigenvalue weighted by atomic mass is 10.4. The summed E-state index contributed by atoms with van der Waals surface area (Å²) in [4.78, 5) is 14.5. The summed E-state index contributed by atoms with van der Waals surface area (Å²) in [6.07, 6.45) is 1.11. The molecule has 0 heterocycles. The minimum atomic E-state index is -0.687. The number of rotatable bonds is 5. The van der Waals surface area contributed by atoms with E-state index < -0.39 is 6.09 Å². The SMILES string of the molecule is CCCCOC(=O)NOOS. The lowest BCUT2D eigenvalue weighted by molar-refractivity contribution is -0.231. The summed E-state index contributed by atoms with van der Waals surface area (Å²) in [6.45, 7) is 2.37. The third kappa shape index (κ3) is 7.44. The summed E-state index contributed by atoms with van der Waals surface area (Å²) < 4.78 is 8.40. The van der Waals surface area contributed by atoms with Gasteiger partial charge in [-0.05, 0) is 6.42 Å². The lowest BCUT2D eigenvalue weighted by Crippen LogP contribution is -2.23. The minimum absolute atomic E-state index is 0.373. The molecule has 0 atom stereocenters. The maximum atomic E-state index is 10.5. The Balaban J connectivity index is 3.09. The average molecular weight is 181 g/mol.